The van der Waals surface area contributed by atoms with Gasteiger partial charge in [-0.1, -0.05) is 19.3 Å². The monoisotopic (exact) mass is 309 g/mol. The van der Waals surface area contributed by atoms with Crippen molar-refractivity contribution in [2.75, 3.05) is 32.8 Å². The first-order valence-electron chi connectivity index (χ1n) is 8.23. The van der Waals surface area contributed by atoms with E-state index in [1.165, 1.54) is 37.0 Å². The summed E-state index contributed by atoms with van der Waals surface area (Å²) < 4.78 is 5.54. The maximum absolute atomic E-state index is 5.54. The molecule has 118 valence electrons. The molecule has 4 nitrogen and oxygen atoms in total. The van der Waals surface area contributed by atoms with Crippen molar-refractivity contribution in [3.63, 3.8) is 0 Å². The van der Waals surface area contributed by atoms with Gasteiger partial charge in [-0.2, -0.15) is 0 Å². The number of nitrogens with one attached hydrogen (secondary N) is 1. The summed E-state index contributed by atoms with van der Waals surface area (Å²) in [5.41, 5.74) is 0.363. The second-order valence-corrected chi connectivity index (χ2v) is 7.65. The summed E-state index contributed by atoms with van der Waals surface area (Å²) in [5.74, 6) is 0. The van der Waals surface area contributed by atoms with E-state index in [9.17, 15) is 0 Å². The highest BCUT2D eigenvalue weighted by atomic mass is 32.1. The van der Waals surface area contributed by atoms with Gasteiger partial charge in [0.05, 0.1) is 18.2 Å². The highest BCUT2D eigenvalue weighted by molar-refractivity contribution is 7.11. The summed E-state index contributed by atoms with van der Waals surface area (Å²) in [6, 6.07) is 0. The summed E-state index contributed by atoms with van der Waals surface area (Å²) in [7, 11) is 0. The van der Waals surface area contributed by atoms with Crippen LogP contribution in [0.3, 0.4) is 0 Å². The van der Waals surface area contributed by atoms with Crippen molar-refractivity contribution < 1.29 is 4.74 Å². The third-order valence-electron chi connectivity index (χ3n) is 4.89. The zero-order chi connectivity index (χ0) is 14.5. The molecule has 0 spiro atoms. The molecule has 0 atom stereocenters. The van der Waals surface area contributed by atoms with Gasteiger partial charge >= 0.3 is 0 Å². The van der Waals surface area contributed by atoms with Gasteiger partial charge in [0.1, 0.15) is 0 Å². The van der Waals surface area contributed by atoms with Crippen LogP contribution in [0.15, 0.2) is 6.20 Å². The lowest BCUT2D eigenvalue weighted by Gasteiger charge is -2.48. The van der Waals surface area contributed by atoms with E-state index >= 15 is 0 Å². The van der Waals surface area contributed by atoms with E-state index in [0.717, 1.165) is 44.4 Å². The Morgan fingerprint density at radius 1 is 1.29 bits per heavy atom. The normalized spacial score (nSPS) is 23.3. The molecule has 2 heterocycles. The molecule has 2 aliphatic rings. The first-order chi connectivity index (χ1) is 10.3. The molecule has 3 rings (SSSR count). The number of hydrogen-bond acceptors (Lipinski definition) is 5. The number of hydrogen-bond donors (Lipinski definition) is 1. The largest absolute Gasteiger partial charge is 0.379 e. The van der Waals surface area contributed by atoms with Crippen molar-refractivity contribution in [1.82, 2.24) is 15.2 Å². The lowest BCUT2D eigenvalue weighted by Crippen LogP contribution is -2.59. The molecule has 2 fully saturated rings. The van der Waals surface area contributed by atoms with Crippen molar-refractivity contribution in [2.24, 2.45) is 0 Å². The summed E-state index contributed by atoms with van der Waals surface area (Å²) in [5, 5.41) is 4.87. The van der Waals surface area contributed by atoms with Gasteiger partial charge in [0.15, 0.2) is 0 Å². The molecule has 1 aliphatic heterocycles. The van der Waals surface area contributed by atoms with Crippen LogP contribution in [-0.2, 0) is 11.3 Å². The molecule has 1 aromatic rings. The number of thiazole rings is 1. The van der Waals surface area contributed by atoms with Crippen molar-refractivity contribution in [2.45, 2.75) is 51.1 Å². The zero-order valence-corrected chi connectivity index (χ0v) is 13.9. The molecule has 1 saturated heterocycles. The maximum Gasteiger partial charge on any atom is 0.0897 e. The molecular weight excluding hydrogens is 282 g/mol. The Kier molecular flexibility index (Phi) is 5.27. The van der Waals surface area contributed by atoms with Crippen LogP contribution in [0.1, 0.15) is 42.0 Å². The SMILES string of the molecule is Cc1ncc(CNCC2(N3CCOCC3)CCCCC2)s1. The number of morpholine rings is 1. The predicted molar refractivity (Wildman–Crippen MR) is 86.8 cm³/mol. The van der Waals surface area contributed by atoms with Gasteiger partial charge in [0.25, 0.3) is 0 Å². The van der Waals surface area contributed by atoms with E-state index in [1.807, 2.05) is 6.20 Å². The molecule has 1 aromatic heterocycles. The highest BCUT2D eigenvalue weighted by Crippen LogP contribution is 2.34. The second kappa shape index (κ2) is 7.18. The number of aromatic nitrogens is 1. The van der Waals surface area contributed by atoms with Gasteiger partial charge in [0, 0.05) is 42.8 Å². The Morgan fingerprint density at radius 3 is 2.71 bits per heavy atom. The fraction of sp³-hybridized carbons (Fsp3) is 0.812. The van der Waals surface area contributed by atoms with Crippen LogP contribution in [0, 0.1) is 6.92 Å². The third-order valence-corrected chi connectivity index (χ3v) is 5.80. The zero-order valence-electron chi connectivity index (χ0n) is 13.1. The number of ether oxygens (including phenoxy) is 1. The van der Waals surface area contributed by atoms with Crippen LogP contribution >= 0.6 is 11.3 Å². The fourth-order valence-corrected chi connectivity index (χ4v) is 4.52. The maximum atomic E-state index is 5.54. The van der Waals surface area contributed by atoms with Crippen molar-refractivity contribution in [3.8, 4) is 0 Å². The van der Waals surface area contributed by atoms with Gasteiger partial charge in [-0.3, -0.25) is 4.90 Å². The van der Waals surface area contributed by atoms with E-state index in [1.54, 1.807) is 11.3 Å². The Hall–Kier alpha value is -0.490. The third kappa shape index (κ3) is 3.83. The van der Waals surface area contributed by atoms with Crippen molar-refractivity contribution >= 4 is 11.3 Å². The molecule has 0 unspecified atom stereocenters. The topological polar surface area (TPSA) is 37.4 Å². The first-order valence-corrected chi connectivity index (χ1v) is 9.05. The standard InChI is InChI=1S/C16H27N3OS/c1-14-18-12-15(21-14)11-17-13-16(5-3-2-4-6-16)19-7-9-20-10-8-19/h12,17H,2-11,13H2,1H3. The lowest BCUT2D eigenvalue weighted by molar-refractivity contribution is -0.0369. The molecule has 1 saturated carbocycles. The molecule has 0 amide bonds. The quantitative estimate of drug-likeness (QED) is 0.907. The minimum absolute atomic E-state index is 0.363. The summed E-state index contributed by atoms with van der Waals surface area (Å²) in [6.07, 6.45) is 8.83. The van der Waals surface area contributed by atoms with E-state index in [4.69, 9.17) is 4.74 Å². The van der Waals surface area contributed by atoms with Crippen LogP contribution in [0.25, 0.3) is 0 Å². The molecule has 1 N–H and O–H groups in total. The molecule has 5 heteroatoms. The minimum atomic E-state index is 0.363. The van der Waals surface area contributed by atoms with Gasteiger partial charge in [-0.05, 0) is 19.8 Å². The summed E-state index contributed by atoms with van der Waals surface area (Å²) in [4.78, 5) is 8.38. The average molecular weight is 309 g/mol. The van der Waals surface area contributed by atoms with Crippen LogP contribution in [0.4, 0.5) is 0 Å². The number of rotatable bonds is 5. The number of nitrogens with zero attached hydrogens (tertiary/aromatic N) is 2. The second-order valence-electron chi connectivity index (χ2n) is 6.33. The molecule has 0 radical (unpaired) electrons. The van der Waals surface area contributed by atoms with E-state index in [2.05, 4.69) is 22.1 Å². The highest BCUT2D eigenvalue weighted by Gasteiger charge is 2.38. The van der Waals surface area contributed by atoms with Gasteiger partial charge in [-0.15, -0.1) is 11.3 Å². The smallest absolute Gasteiger partial charge is 0.0897 e. The Balaban J connectivity index is 1.59. The summed E-state index contributed by atoms with van der Waals surface area (Å²) in [6.45, 7) is 8.13. The molecule has 0 aromatic carbocycles. The van der Waals surface area contributed by atoms with Gasteiger partial charge in [0.2, 0.25) is 0 Å². The molecule has 0 bridgehead atoms. The minimum Gasteiger partial charge on any atom is -0.379 e. The van der Waals surface area contributed by atoms with Gasteiger partial charge < -0.3 is 10.1 Å². The predicted octanol–water partition coefficient (Wildman–Crippen LogP) is 2.58. The molecule has 1 aliphatic carbocycles. The Morgan fingerprint density at radius 2 is 2.05 bits per heavy atom. The molecule has 21 heavy (non-hydrogen) atoms. The van der Waals surface area contributed by atoms with E-state index < -0.39 is 0 Å². The average Bonchev–Trinajstić information content (AvgIpc) is 2.95. The van der Waals surface area contributed by atoms with Gasteiger partial charge in [-0.25, -0.2) is 4.98 Å². The first kappa shape index (κ1) is 15.4. The van der Waals surface area contributed by atoms with E-state index in [-0.39, 0.29) is 0 Å². The van der Waals surface area contributed by atoms with E-state index in [0.29, 0.717) is 5.54 Å². The Bertz CT molecular complexity index is 436. The molecular formula is C16H27N3OS. The van der Waals surface area contributed by atoms with Crippen LogP contribution in [0.5, 0.6) is 0 Å². The Labute approximate surface area is 131 Å². The number of aryl methyl sites for hydroxylation is 1. The van der Waals surface area contributed by atoms with Crippen LogP contribution < -0.4 is 5.32 Å². The summed E-state index contributed by atoms with van der Waals surface area (Å²) >= 11 is 1.80. The fourth-order valence-electron chi connectivity index (χ4n) is 3.76. The van der Waals surface area contributed by atoms with Crippen LogP contribution in [0.2, 0.25) is 0 Å². The lowest BCUT2D eigenvalue weighted by atomic mass is 9.79. The van der Waals surface area contributed by atoms with Crippen molar-refractivity contribution in [3.05, 3.63) is 16.1 Å². The van der Waals surface area contributed by atoms with Crippen molar-refractivity contribution in [1.29, 1.82) is 0 Å². The van der Waals surface area contributed by atoms with Crippen LogP contribution in [-0.4, -0.2) is 48.3 Å².